The molecule has 3 aliphatic rings. The van der Waals surface area contributed by atoms with Gasteiger partial charge in [0.1, 0.15) is 42.5 Å². The minimum atomic E-state index is -1.98. The van der Waals surface area contributed by atoms with Gasteiger partial charge in [0.05, 0.1) is 33.6 Å². The predicted octanol–water partition coefficient (Wildman–Crippen LogP) is 5.25. The second kappa shape index (κ2) is 19.8. The molecular weight excluding hydrogens is 878 g/mol. The van der Waals surface area contributed by atoms with E-state index in [2.05, 4.69) is 47.7 Å². The number of phenols is 1. The summed E-state index contributed by atoms with van der Waals surface area (Å²) < 4.78 is 27.0. The van der Waals surface area contributed by atoms with Crippen molar-refractivity contribution in [1.29, 1.82) is 0 Å². The standard InChI is InChI=1S/C49H58FN9O7S/c1-30-42(67-29-53-30)32-11-12-33(26-52-45(62)39-24-34(60)28-59(39)46(63)43(48(2,3)4)54-47(64)49(50)15-16-49)41(23-32)66-22-21-65-35-13-9-31(10-14-35)27-57-17-19-58(20-18-57)38-25-37(55-56-44(38)51)36-7-5-6-8-40(36)61/h5-14,23,25,29,34,39,43,60-61H,15-22,24,26-28H2,1-4H3,(H2,51,56)(H,52,62)(H,54,64)/t34-,39+,43-/m0/s1. The van der Waals surface area contributed by atoms with Crippen molar-refractivity contribution in [3.63, 3.8) is 0 Å². The van der Waals surface area contributed by atoms with E-state index in [1.165, 1.54) is 16.2 Å². The Bertz CT molecular complexity index is 2580. The molecule has 1 saturated carbocycles. The Kier molecular flexibility index (Phi) is 14.0. The third-order valence-corrected chi connectivity index (χ3v) is 13.5. The molecule has 67 heavy (non-hydrogen) atoms. The molecule has 2 aromatic heterocycles. The van der Waals surface area contributed by atoms with Gasteiger partial charge in [-0.3, -0.25) is 19.3 Å². The second-order valence-electron chi connectivity index (χ2n) is 18.6. The number of likely N-dealkylation sites (tertiary alicyclic amines) is 1. The molecule has 0 unspecified atom stereocenters. The number of aromatic nitrogens is 3. The van der Waals surface area contributed by atoms with Gasteiger partial charge in [0, 0.05) is 63.4 Å². The number of hydrogen-bond donors (Lipinski definition) is 5. The van der Waals surface area contributed by atoms with E-state index in [4.69, 9.17) is 15.2 Å². The lowest BCUT2D eigenvalue weighted by Crippen LogP contribution is -2.59. The summed E-state index contributed by atoms with van der Waals surface area (Å²) in [5.74, 6) is -0.123. The number of nitrogens with two attached hydrogens (primary N) is 1. The Hall–Kier alpha value is -6.37. The molecule has 3 atom stereocenters. The van der Waals surface area contributed by atoms with Crippen molar-refractivity contribution in [3.8, 4) is 38.9 Å². The van der Waals surface area contributed by atoms with E-state index in [0.29, 0.717) is 34.1 Å². The van der Waals surface area contributed by atoms with Crippen LogP contribution in [-0.4, -0.2) is 123 Å². The third-order valence-electron chi connectivity index (χ3n) is 12.5. The van der Waals surface area contributed by atoms with E-state index >= 15 is 0 Å². The number of anilines is 2. The third kappa shape index (κ3) is 11.1. The smallest absolute Gasteiger partial charge is 0.258 e. The van der Waals surface area contributed by atoms with Crippen LogP contribution in [-0.2, 0) is 27.5 Å². The summed E-state index contributed by atoms with van der Waals surface area (Å²) in [5, 5.41) is 34.9. The maximum Gasteiger partial charge on any atom is 0.258 e. The molecule has 0 radical (unpaired) electrons. The van der Waals surface area contributed by atoms with Gasteiger partial charge in [-0.15, -0.1) is 21.5 Å². The summed E-state index contributed by atoms with van der Waals surface area (Å²) >= 11 is 1.51. The molecule has 8 rings (SSSR count). The number of para-hydroxylation sites is 1. The number of nitrogens with one attached hydrogen (secondary N) is 2. The van der Waals surface area contributed by atoms with Crippen molar-refractivity contribution in [2.24, 2.45) is 5.41 Å². The molecule has 3 fully saturated rings. The number of alkyl halides is 1. The van der Waals surface area contributed by atoms with Crippen molar-refractivity contribution < 1.29 is 38.5 Å². The first-order valence-electron chi connectivity index (χ1n) is 22.6. The summed E-state index contributed by atoms with van der Waals surface area (Å²) in [4.78, 5) is 51.7. The summed E-state index contributed by atoms with van der Waals surface area (Å²) in [6.45, 7) is 11.6. The SMILES string of the molecule is Cc1ncsc1-c1ccc(CNC(=O)[C@H]2C[C@H](O)CN2C(=O)[C@H](NC(=O)C2(F)CC2)C(C)(C)C)c(OCCOc2ccc(CN3CCN(c4cc(-c5ccccc5O)nnc4N)CC3)cc2)c1. The fourth-order valence-corrected chi connectivity index (χ4v) is 9.25. The van der Waals surface area contributed by atoms with E-state index in [1.54, 1.807) is 44.5 Å². The van der Waals surface area contributed by atoms with E-state index in [-0.39, 0.29) is 51.3 Å². The molecule has 3 amide bonds. The maximum atomic E-state index is 14.6. The molecular formula is C49H58FN9O7S. The highest BCUT2D eigenvalue weighted by atomic mass is 32.1. The topological polar surface area (TPSA) is 209 Å². The molecule has 354 valence electrons. The van der Waals surface area contributed by atoms with Crippen LogP contribution in [0.4, 0.5) is 15.9 Å². The van der Waals surface area contributed by atoms with Gasteiger partial charge in [0.25, 0.3) is 5.91 Å². The molecule has 2 saturated heterocycles. The number of aryl methyl sites for hydroxylation is 1. The second-order valence-corrected chi connectivity index (χ2v) is 19.4. The Balaban J connectivity index is 0.848. The van der Waals surface area contributed by atoms with Gasteiger partial charge >= 0.3 is 0 Å². The van der Waals surface area contributed by atoms with Crippen LogP contribution in [0.15, 0.2) is 78.3 Å². The number of aromatic hydroxyl groups is 1. The van der Waals surface area contributed by atoms with E-state index in [9.17, 15) is 29.0 Å². The first-order valence-corrected chi connectivity index (χ1v) is 23.5. The zero-order chi connectivity index (χ0) is 47.5. The Morgan fingerprint density at radius 3 is 2.40 bits per heavy atom. The number of phenolic OH excluding ortho intramolecular Hbond substituents is 1. The quantitative estimate of drug-likeness (QED) is 0.0802. The number of thiazole rings is 1. The van der Waals surface area contributed by atoms with Gasteiger partial charge in [-0.25, -0.2) is 9.37 Å². The summed E-state index contributed by atoms with van der Waals surface area (Å²) in [6.07, 6.45) is -0.724. The number of rotatable bonds is 16. The van der Waals surface area contributed by atoms with Crippen LogP contribution < -0.4 is 30.7 Å². The molecule has 2 aliphatic heterocycles. The molecule has 5 aromatic rings. The highest BCUT2D eigenvalue weighted by molar-refractivity contribution is 7.13. The number of benzene rings is 3. The van der Waals surface area contributed by atoms with E-state index < -0.39 is 47.0 Å². The number of carbonyl (C=O) groups excluding carboxylic acids is 3. The number of aliphatic hydroxyl groups excluding tert-OH is 1. The number of piperazine rings is 1. The van der Waals surface area contributed by atoms with Crippen LogP contribution in [0.1, 0.15) is 56.9 Å². The Morgan fingerprint density at radius 1 is 0.985 bits per heavy atom. The molecule has 0 spiro atoms. The van der Waals surface area contributed by atoms with Gasteiger partial charge in [-0.2, -0.15) is 0 Å². The van der Waals surface area contributed by atoms with E-state index in [1.807, 2.05) is 49.4 Å². The number of β-amino-alcohol motifs (C(OH)–C–C–N with tert-alkyl or cyclic N) is 1. The van der Waals surface area contributed by atoms with Crippen LogP contribution in [0.3, 0.4) is 0 Å². The van der Waals surface area contributed by atoms with Gasteiger partial charge < -0.3 is 45.9 Å². The number of ether oxygens (including phenoxy) is 2. The molecule has 16 nitrogen and oxygen atoms in total. The van der Waals surface area contributed by atoms with Crippen LogP contribution >= 0.6 is 11.3 Å². The lowest BCUT2D eigenvalue weighted by molar-refractivity contribution is -0.145. The zero-order valence-electron chi connectivity index (χ0n) is 38.2. The Labute approximate surface area is 393 Å². The molecule has 3 aromatic carbocycles. The van der Waals surface area contributed by atoms with Crippen LogP contribution in [0, 0.1) is 12.3 Å². The Morgan fingerprint density at radius 2 is 1.72 bits per heavy atom. The molecule has 0 bridgehead atoms. The number of hydrogen-bond acceptors (Lipinski definition) is 14. The zero-order valence-corrected chi connectivity index (χ0v) is 39.0. The molecule has 6 N–H and O–H groups in total. The van der Waals surface area contributed by atoms with Crippen molar-refractivity contribution in [3.05, 3.63) is 95.1 Å². The van der Waals surface area contributed by atoms with Crippen molar-refractivity contribution in [2.75, 3.05) is 56.6 Å². The minimum Gasteiger partial charge on any atom is -0.507 e. The predicted molar refractivity (Wildman–Crippen MR) is 253 cm³/mol. The van der Waals surface area contributed by atoms with Gasteiger partial charge in [0.15, 0.2) is 11.5 Å². The van der Waals surface area contributed by atoms with Crippen molar-refractivity contribution >= 4 is 40.6 Å². The first-order chi connectivity index (χ1) is 32.1. The summed E-state index contributed by atoms with van der Waals surface area (Å²) in [6, 6.07) is 20.6. The highest BCUT2D eigenvalue weighted by Crippen LogP contribution is 2.41. The summed E-state index contributed by atoms with van der Waals surface area (Å²) in [5.41, 5.74) is 10.9. The fourth-order valence-electron chi connectivity index (χ4n) is 8.45. The van der Waals surface area contributed by atoms with Crippen molar-refractivity contribution in [2.45, 2.75) is 83.9 Å². The summed E-state index contributed by atoms with van der Waals surface area (Å²) in [7, 11) is 0. The highest BCUT2D eigenvalue weighted by Gasteiger charge is 2.53. The van der Waals surface area contributed by atoms with Crippen molar-refractivity contribution in [1.82, 2.24) is 35.6 Å². The number of aliphatic hydroxyl groups is 1. The average Bonchev–Trinajstić information content (AvgIpc) is 3.72. The number of halogens is 1. The first kappa shape index (κ1) is 47.1. The number of amides is 3. The number of nitrogens with zero attached hydrogens (tertiary/aromatic N) is 6. The van der Waals surface area contributed by atoms with Gasteiger partial charge in [-0.1, -0.05) is 57.2 Å². The normalized spacial score (nSPS) is 18.6. The lowest BCUT2D eigenvalue weighted by Gasteiger charge is -2.36. The molecule has 18 heteroatoms. The average molecular weight is 936 g/mol. The largest absolute Gasteiger partial charge is 0.507 e. The van der Waals surface area contributed by atoms with Crippen LogP contribution in [0.5, 0.6) is 17.2 Å². The van der Waals surface area contributed by atoms with Crippen LogP contribution in [0.2, 0.25) is 0 Å². The minimum absolute atomic E-state index is 0.0170. The van der Waals surface area contributed by atoms with E-state index in [0.717, 1.165) is 60.1 Å². The van der Waals surface area contributed by atoms with Gasteiger partial charge in [0.2, 0.25) is 11.8 Å². The fraction of sp³-hybridized carbons (Fsp3) is 0.429. The number of nitrogen functional groups attached to an aromatic ring is 1. The maximum absolute atomic E-state index is 14.6. The van der Waals surface area contributed by atoms with Gasteiger partial charge in [-0.05, 0) is 72.7 Å². The number of carbonyl (C=O) groups is 3. The molecule has 1 aliphatic carbocycles. The monoisotopic (exact) mass is 935 g/mol. The molecule has 4 heterocycles. The lowest BCUT2D eigenvalue weighted by atomic mass is 9.85. The van der Waals surface area contributed by atoms with Crippen LogP contribution in [0.25, 0.3) is 21.7 Å².